The second kappa shape index (κ2) is 7.50. The summed E-state index contributed by atoms with van der Waals surface area (Å²) in [6, 6.07) is 17.7. The Balaban J connectivity index is 1.67. The summed E-state index contributed by atoms with van der Waals surface area (Å²) in [6.07, 6.45) is 6.51. The Kier molecular flexibility index (Phi) is 4.53. The van der Waals surface area contributed by atoms with Crippen LogP contribution in [0, 0.1) is 0 Å². The largest absolute Gasteiger partial charge is 0.383 e. The Morgan fingerprint density at radius 3 is 2.27 bits per heavy atom. The molecule has 5 aromatic rings. The monoisotopic (exact) mass is 410 g/mol. The summed E-state index contributed by atoms with van der Waals surface area (Å²) in [6.45, 7) is 0. The van der Waals surface area contributed by atoms with E-state index in [1.54, 1.807) is 12.4 Å². The molecule has 0 spiro atoms. The molecule has 3 heterocycles. The van der Waals surface area contributed by atoms with Gasteiger partial charge in [-0.1, -0.05) is 48.0 Å². The molecule has 7 heteroatoms. The van der Waals surface area contributed by atoms with Gasteiger partial charge in [0, 0.05) is 28.5 Å². The van der Waals surface area contributed by atoms with Gasteiger partial charge in [0.1, 0.15) is 18.5 Å². The minimum absolute atomic E-state index is 0.383. The van der Waals surface area contributed by atoms with Crippen molar-refractivity contribution in [3.8, 4) is 33.5 Å². The van der Waals surface area contributed by atoms with Crippen molar-refractivity contribution in [2.75, 3.05) is 5.73 Å². The highest BCUT2D eigenvalue weighted by atomic mass is 35.5. The molecule has 5 rings (SSSR count). The fourth-order valence-corrected chi connectivity index (χ4v) is 3.59. The van der Waals surface area contributed by atoms with E-state index < -0.39 is 0 Å². The second-order valence-corrected chi connectivity index (χ2v) is 7.16. The van der Waals surface area contributed by atoms with Crippen LogP contribution in [0.15, 0.2) is 79.6 Å². The average Bonchev–Trinajstić information content (AvgIpc) is 2.79. The van der Waals surface area contributed by atoms with E-state index in [0.717, 1.165) is 33.5 Å². The van der Waals surface area contributed by atoms with Crippen molar-refractivity contribution >= 4 is 28.5 Å². The fourth-order valence-electron chi connectivity index (χ4n) is 3.40. The van der Waals surface area contributed by atoms with Crippen LogP contribution in [0.3, 0.4) is 0 Å². The lowest BCUT2D eigenvalue weighted by atomic mass is 9.99. The molecule has 0 bridgehead atoms. The number of anilines is 1. The number of aromatic nitrogens is 5. The van der Waals surface area contributed by atoms with E-state index >= 15 is 0 Å². The highest BCUT2D eigenvalue weighted by Crippen LogP contribution is 2.35. The van der Waals surface area contributed by atoms with E-state index in [-0.39, 0.29) is 0 Å². The molecule has 0 saturated heterocycles. The summed E-state index contributed by atoms with van der Waals surface area (Å²) in [5.41, 5.74) is 12.2. The van der Waals surface area contributed by atoms with Crippen molar-refractivity contribution in [1.82, 2.24) is 24.9 Å². The molecule has 0 amide bonds. The van der Waals surface area contributed by atoms with Crippen LogP contribution in [-0.2, 0) is 0 Å². The van der Waals surface area contributed by atoms with Crippen LogP contribution in [0.4, 0.5) is 5.82 Å². The number of benzene rings is 2. The summed E-state index contributed by atoms with van der Waals surface area (Å²) in [7, 11) is 0. The van der Waals surface area contributed by atoms with Gasteiger partial charge in [-0.3, -0.25) is 0 Å². The number of hydrogen-bond donors (Lipinski definition) is 1. The molecule has 3 aromatic heterocycles. The normalized spacial score (nSPS) is 11.0. The van der Waals surface area contributed by atoms with E-state index in [1.165, 1.54) is 12.7 Å². The zero-order valence-electron chi connectivity index (χ0n) is 15.7. The first-order valence-electron chi connectivity index (χ1n) is 9.22. The zero-order valence-corrected chi connectivity index (χ0v) is 16.5. The second-order valence-electron chi connectivity index (χ2n) is 6.73. The topological polar surface area (TPSA) is 90.5 Å². The Hall–Kier alpha value is -3.90. The number of nitrogens with zero attached hydrogens (tertiary/aromatic N) is 5. The van der Waals surface area contributed by atoms with E-state index in [2.05, 4.69) is 19.9 Å². The first-order chi connectivity index (χ1) is 14.7. The number of fused-ring (bicyclic) bond motifs is 1. The number of nitrogens with two attached hydrogens (primary N) is 1. The maximum absolute atomic E-state index is 6.23. The molecular formula is C23H15ClN6. The fraction of sp³-hybridized carbons (Fsp3) is 0. The quantitative estimate of drug-likeness (QED) is 0.447. The van der Waals surface area contributed by atoms with Gasteiger partial charge >= 0.3 is 0 Å². The molecule has 30 heavy (non-hydrogen) atoms. The summed E-state index contributed by atoms with van der Waals surface area (Å²) in [5.74, 6) is 0.383. The lowest BCUT2D eigenvalue weighted by molar-refractivity contribution is 1.17. The van der Waals surface area contributed by atoms with Gasteiger partial charge in [-0.15, -0.1) is 0 Å². The number of nitrogen functional groups attached to an aromatic ring is 1. The van der Waals surface area contributed by atoms with Gasteiger partial charge in [-0.25, -0.2) is 24.9 Å². The van der Waals surface area contributed by atoms with Crippen LogP contribution < -0.4 is 5.73 Å². The number of hydrogen-bond acceptors (Lipinski definition) is 6. The first kappa shape index (κ1) is 18.1. The summed E-state index contributed by atoms with van der Waals surface area (Å²) < 4.78 is 0. The van der Waals surface area contributed by atoms with Crippen molar-refractivity contribution in [1.29, 1.82) is 0 Å². The Morgan fingerprint density at radius 1 is 0.733 bits per heavy atom. The first-order valence-corrected chi connectivity index (χ1v) is 9.60. The number of rotatable bonds is 3. The molecule has 0 unspecified atom stereocenters. The van der Waals surface area contributed by atoms with Gasteiger partial charge in [0.15, 0.2) is 5.65 Å². The molecule has 0 aliphatic rings. The smallest absolute Gasteiger partial charge is 0.165 e. The van der Waals surface area contributed by atoms with Gasteiger partial charge in [0.25, 0.3) is 0 Å². The third kappa shape index (κ3) is 3.33. The van der Waals surface area contributed by atoms with Crippen LogP contribution in [0.1, 0.15) is 0 Å². The molecule has 6 nitrogen and oxygen atoms in total. The Morgan fingerprint density at radius 2 is 1.50 bits per heavy atom. The molecule has 144 valence electrons. The highest BCUT2D eigenvalue weighted by molar-refractivity contribution is 6.31. The molecule has 2 aromatic carbocycles. The predicted molar refractivity (Wildman–Crippen MR) is 119 cm³/mol. The summed E-state index contributed by atoms with van der Waals surface area (Å²) >= 11 is 6.23. The molecule has 0 aliphatic carbocycles. The number of halogens is 1. The molecule has 0 atom stereocenters. The van der Waals surface area contributed by atoms with Crippen molar-refractivity contribution in [3.05, 3.63) is 84.7 Å². The SMILES string of the molecule is Nc1ncnc2nc(-c3ccc(-c4cncnc4)cc3)cc(-c3cccc(Cl)c3)c12. The standard InChI is InChI=1S/C23H15ClN6/c24-18-3-1-2-16(8-18)19-9-20(30-23-21(19)22(25)28-13-29-23)15-6-4-14(5-7-15)17-10-26-12-27-11-17/h1-13H,(H2,25,28,29,30). The van der Waals surface area contributed by atoms with Gasteiger partial charge in [0.2, 0.25) is 0 Å². The molecule has 0 aliphatic heterocycles. The predicted octanol–water partition coefficient (Wildman–Crippen LogP) is 5.05. The molecule has 0 radical (unpaired) electrons. The van der Waals surface area contributed by atoms with Crippen molar-refractivity contribution < 1.29 is 0 Å². The van der Waals surface area contributed by atoms with E-state index in [0.29, 0.717) is 21.9 Å². The van der Waals surface area contributed by atoms with E-state index in [1.807, 2.05) is 54.6 Å². The van der Waals surface area contributed by atoms with Crippen molar-refractivity contribution in [3.63, 3.8) is 0 Å². The Labute approximate surface area is 177 Å². The van der Waals surface area contributed by atoms with Crippen LogP contribution in [0.25, 0.3) is 44.5 Å². The van der Waals surface area contributed by atoms with Gasteiger partial charge in [0.05, 0.1) is 11.1 Å². The lowest BCUT2D eigenvalue weighted by Gasteiger charge is -2.11. The van der Waals surface area contributed by atoms with Crippen LogP contribution in [0.2, 0.25) is 5.02 Å². The van der Waals surface area contributed by atoms with Crippen molar-refractivity contribution in [2.45, 2.75) is 0 Å². The highest BCUT2D eigenvalue weighted by Gasteiger charge is 2.14. The molecular weight excluding hydrogens is 396 g/mol. The zero-order chi connectivity index (χ0) is 20.5. The molecule has 0 fully saturated rings. The summed E-state index contributed by atoms with van der Waals surface area (Å²) in [5, 5.41) is 1.35. The summed E-state index contributed by atoms with van der Waals surface area (Å²) in [4.78, 5) is 21.4. The van der Waals surface area contributed by atoms with E-state index in [9.17, 15) is 0 Å². The van der Waals surface area contributed by atoms with E-state index in [4.69, 9.17) is 22.3 Å². The van der Waals surface area contributed by atoms with Gasteiger partial charge in [-0.2, -0.15) is 0 Å². The minimum atomic E-state index is 0.383. The molecule has 0 saturated carbocycles. The minimum Gasteiger partial charge on any atom is -0.383 e. The maximum Gasteiger partial charge on any atom is 0.165 e. The van der Waals surface area contributed by atoms with Crippen LogP contribution >= 0.6 is 11.6 Å². The van der Waals surface area contributed by atoms with Gasteiger partial charge in [-0.05, 0) is 34.9 Å². The third-order valence-corrected chi connectivity index (χ3v) is 5.08. The maximum atomic E-state index is 6.23. The average molecular weight is 411 g/mol. The third-order valence-electron chi connectivity index (χ3n) is 4.84. The lowest BCUT2D eigenvalue weighted by Crippen LogP contribution is -1.98. The molecule has 2 N–H and O–H groups in total. The van der Waals surface area contributed by atoms with Crippen molar-refractivity contribution in [2.24, 2.45) is 0 Å². The Bertz CT molecular complexity index is 1350. The van der Waals surface area contributed by atoms with Crippen LogP contribution in [0.5, 0.6) is 0 Å². The number of pyridine rings is 1. The van der Waals surface area contributed by atoms with Crippen LogP contribution in [-0.4, -0.2) is 24.9 Å². The van der Waals surface area contributed by atoms with Gasteiger partial charge < -0.3 is 5.73 Å².